The highest BCUT2D eigenvalue weighted by atomic mass is 16.7. The van der Waals surface area contributed by atoms with E-state index in [1.807, 2.05) is 12.1 Å². The Morgan fingerprint density at radius 2 is 1.73 bits per heavy atom. The molecule has 9 heteroatoms. The van der Waals surface area contributed by atoms with Crippen LogP contribution < -0.4 is 9.47 Å². The Morgan fingerprint density at radius 1 is 1.00 bits per heavy atom. The molecule has 6 atom stereocenters. The van der Waals surface area contributed by atoms with Gasteiger partial charge in [-0.1, -0.05) is 18.2 Å². The summed E-state index contributed by atoms with van der Waals surface area (Å²) < 4.78 is 16.5. The van der Waals surface area contributed by atoms with Gasteiger partial charge < -0.3 is 39.7 Å². The van der Waals surface area contributed by atoms with Gasteiger partial charge in [-0.2, -0.15) is 0 Å². The number of phenolic OH excluding ortho intramolecular Hbond substituents is 1. The molecule has 0 aromatic heterocycles. The Morgan fingerprint density at radius 3 is 2.43 bits per heavy atom. The number of carbonyl (C=O) groups is 1. The largest absolute Gasteiger partial charge is 0.508 e. The lowest BCUT2D eigenvalue weighted by Gasteiger charge is -2.38. The lowest BCUT2D eigenvalue weighted by Crippen LogP contribution is -2.61. The van der Waals surface area contributed by atoms with Crippen LogP contribution in [0.4, 0.5) is 0 Å². The third kappa shape index (κ3) is 3.92. The summed E-state index contributed by atoms with van der Waals surface area (Å²) in [5.41, 5.74) is 1.99. The number of hydrogen-bond donors (Lipinski definition) is 5. The monoisotopic (exact) mass is 418 g/mol. The number of aliphatic hydroxyl groups is 3. The molecule has 2 aliphatic rings. The molecule has 30 heavy (non-hydrogen) atoms. The van der Waals surface area contributed by atoms with E-state index < -0.39 is 36.7 Å². The fourth-order valence-corrected chi connectivity index (χ4v) is 3.67. The van der Waals surface area contributed by atoms with Gasteiger partial charge in [-0.15, -0.1) is 0 Å². The number of carboxylic acid groups (broad SMARTS) is 1. The Hall–Kier alpha value is -2.85. The Kier molecular flexibility index (Phi) is 5.52. The first-order valence-electron chi connectivity index (χ1n) is 9.47. The first kappa shape index (κ1) is 20.4. The molecule has 0 amide bonds. The average Bonchev–Trinajstić information content (AvgIpc) is 2.74. The van der Waals surface area contributed by atoms with Crippen LogP contribution >= 0.6 is 0 Å². The molecule has 1 saturated heterocycles. The molecule has 2 heterocycles. The maximum atomic E-state index is 11.2. The van der Waals surface area contributed by atoms with Gasteiger partial charge in [0.15, 0.2) is 6.10 Å². The van der Waals surface area contributed by atoms with Crippen LogP contribution in [0.5, 0.6) is 17.2 Å². The van der Waals surface area contributed by atoms with Gasteiger partial charge >= 0.3 is 5.97 Å². The molecule has 0 bridgehead atoms. The highest BCUT2D eigenvalue weighted by molar-refractivity contribution is 5.73. The van der Waals surface area contributed by atoms with E-state index in [9.17, 15) is 25.2 Å². The van der Waals surface area contributed by atoms with Crippen LogP contribution in [0.3, 0.4) is 0 Å². The van der Waals surface area contributed by atoms with Crippen LogP contribution in [0.25, 0.3) is 0 Å². The Bertz CT molecular complexity index is 913. The molecule has 0 radical (unpaired) electrons. The van der Waals surface area contributed by atoms with Gasteiger partial charge in [0.05, 0.1) is 6.61 Å². The molecule has 4 rings (SSSR count). The van der Waals surface area contributed by atoms with Gasteiger partial charge in [0.2, 0.25) is 6.29 Å². The maximum absolute atomic E-state index is 11.2. The van der Waals surface area contributed by atoms with Crippen molar-refractivity contribution in [2.24, 2.45) is 0 Å². The van der Waals surface area contributed by atoms with E-state index in [0.717, 1.165) is 17.5 Å². The van der Waals surface area contributed by atoms with Crippen LogP contribution in [0.1, 0.15) is 17.0 Å². The van der Waals surface area contributed by atoms with Gasteiger partial charge in [-0.3, -0.25) is 0 Å². The van der Waals surface area contributed by atoms with Crippen LogP contribution in [0.15, 0.2) is 42.5 Å². The van der Waals surface area contributed by atoms with Gasteiger partial charge in [-0.25, -0.2) is 4.79 Å². The summed E-state index contributed by atoms with van der Waals surface area (Å²) in [5.74, 6) is -0.304. The van der Waals surface area contributed by atoms with Crippen LogP contribution in [0.2, 0.25) is 0 Å². The fraction of sp³-hybridized carbons (Fsp3) is 0.381. The number of aromatic hydroxyl groups is 1. The van der Waals surface area contributed by atoms with Crippen molar-refractivity contribution in [3.8, 4) is 17.2 Å². The zero-order valence-electron chi connectivity index (χ0n) is 15.8. The van der Waals surface area contributed by atoms with Crippen molar-refractivity contribution in [3.05, 3.63) is 53.6 Å². The number of aliphatic hydroxyl groups excluding tert-OH is 3. The van der Waals surface area contributed by atoms with Crippen molar-refractivity contribution in [3.63, 3.8) is 0 Å². The predicted octanol–water partition coefficient (Wildman–Crippen LogP) is 0.382. The van der Waals surface area contributed by atoms with E-state index in [2.05, 4.69) is 0 Å². The van der Waals surface area contributed by atoms with Crippen molar-refractivity contribution in [2.75, 3.05) is 6.61 Å². The standard InChI is InChI=1S/C21H22O9/c22-13-4-1-10(2-5-13)12-7-11-3-6-14(8-15(11)28-9-12)29-21-18(25)16(23)17(24)19(30-21)20(26)27/h1-6,8,12,16-19,21-25H,7,9H2,(H,26,27)/t12?,16-,17-,18+,19-,21?/m0/s1. The van der Waals surface area contributed by atoms with Crippen molar-refractivity contribution >= 4 is 5.97 Å². The van der Waals surface area contributed by atoms with Crippen LogP contribution in [-0.4, -0.2) is 68.8 Å². The minimum atomic E-state index is -1.78. The third-order valence-corrected chi connectivity index (χ3v) is 5.37. The summed E-state index contributed by atoms with van der Waals surface area (Å²) in [7, 11) is 0. The highest BCUT2D eigenvalue weighted by Gasteiger charge is 2.48. The second kappa shape index (κ2) is 8.11. The van der Waals surface area contributed by atoms with Gasteiger partial charge in [0.1, 0.15) is 35.6 Å². The molecule has 0 saturated carbocycles. The van der Waals surface area contributed by atoms with E-state index in [0.29, 0.717) is 12.4 Å². The molecule has 160 valence electrons. The second-order valence-electron chi connectivity index (χ2n) is 7.43. The zero-order valence-corrected chi connectivity index (χ0v) is 15.8. The van der Waals surface area contributed by atoms with E-state index in [1.165, 1.54) is 0 Å². The van der Waals surface area contributed by atoms with E-state index in [-0.39, 0.29) is 17.4 Å². The summed E-state index contributed by atoms with van der Waals surface area (Å²) >= 11 is 0. The minimum absolute atomic E-state index is 0.126. The minimum Gasteiger partial charge on any atom is -0.508 e. The normalized spacial score (nSPS) is 30.8. The molecule has 1 fully saturated rings. The third-order valence-electron chi connectivity index (χ3n) is 5.37. The number of carboxylic acids is 1. The molecule has 0 aliphatic carbocycles. The van der Waals surface area contributed by atoms with E-state index >= 15 is 0 Å². The van der Waals surface area contributed by atoms with Crippen LogP contribution in [0, 0.1) is 0 Å². The number of ether oxygens (including phenoxy) is 3. The average molecular weight is 418 g/mol. The summed E-state index contributed by atoms with van der Waals surface area (Å²) in [6, 6.07) is 12.0. The summed E-state index contributed by atoms with van der Waals surface area (Å²) in [5, 5.41) is 48.3. The highest BCUT2D eigenvalue weighted by Crippen LogP contribution is 2.36. The lowest BCUT2D eigenvalue weighted by molar-refractivity contribution is -0.271. The Labute approximate surface area is 171 Å². The molecular weight excluding hydrogens is 396 g/mol. The summed E-state index contributed by atoms with van der Waals surface area (Å²) in [4.78, 5) is 11.2. The van der Waals surface area contributed by atoms with Gasteiger partial charge in [0, 0.05) is 12.0 Å². The number of phenols is 1. The first-order valence-corrected chi connectivity index (χ1v) is 9.47. The summed E-state index contributed by atoms with van der Waals surface area (Å²) in [6.07, 6.45) is -7.63. The number of fused-ring (bicyclic) bond motifs is 1. The number of benzene rings is 2. The predicted molar refractivity (Wildman–Crippen MR) is 101 cm³/mol. The first-order chi connectivity index (χ1) is 14.3. The van der Waals surface area contributed by atoms with Crippen molar-refractivity contribution < 1.29 is 44.5 Å². The van der Waals surface area contributed by atoms with Crippen molar-refractivity contribution in [2.45, 2.75) is 43.0 Å². The molecule has 2 aromatic rings. The number of rotatable bonds is 4. The molecule has 9 nitrogen and oxygen atoms in total. The topological polar surface area (TPSA) is 146 Å². The Balaban J connectivity index is 1.47. The molecule has 2 aliphatic heterocycles. The van der Waals surface area contributed by atoms with Crippen molar-refractivity contribution in [1.29, 1.82) is 0 Å². The van der Waals surface area contributed by atoms with Gasteiger partial charge in [-0.05, 0) is 35.7 Å². The zero-order chi connectivity index (χ0) is 21.4. The van der Waals surface area contributed by atoms with Crippen molar-refractivity contribution in [1.82, 2.24) is 0 Å². The number of hydrogen-bond acceptors (Lipinski definition) is 8. The van der Waals surface area contributed by atoms with E-state index in [1.54, 1.807) is 30.3 Å². The smallest absolute Gasteiger partial charge is 0.335 e. The van der Waals surface area contributed by atoms with E-state index in [4.69, 9.17) is 19.3 Å². The molecular formula is C21H22O9. The SMILES string of the molecule is O=C(O)[C@H]1OC(Oc2ccc3c(c2)OCC(c2ccc(O)cc2)C3)[C@H](O)[C@@H](O)[C@@H]1O. The molecule has 5 N–H and O–H groups in total. The second-order valence-corrected chi connectivity index (χ2v) is 7.43. The molecule has 0 spiro atoms. The molecule has 2 aromatic carbocycles. The fourth-order valence-electron chi connectivity index (χ4n) is 3.67. The summed E-state index contributed by atoms with van der Waals surface area (Å²) in [6.45, 7) is 0.426. The molecule has 2 unspecified atom stereocenters. The number of aliphatic carboxylic acids is 1. The quantitative estimate of drug-likeness (QED) is 0.476. The van der Waals surface area contributed by atoms with Gasteiger partial charge in [0.25, 0.3) is 0 Å². The van der Waals surface area contributed by atoms with Crippen LogP contribution in [-0.2, 0) is 16.0 Å². The maximum Gasteiger partial charge on any atom is 0.335 e. The lowest BCUT2D eigenvalue weighted by atomic mass is 9.90.